The standard InChI is InChI=1S/C22H22N6OS/c1-16-3-2-4-18-21(16)24-22(30-18)27-13-11-26(12-14-27)19-5-6-20(29)28(25-19)15-17-7-9-23-10-8-17/h2-10H,11-15H2,1H3. The molecule has 4 heterocycles. The van der Waals surface area contributed by atoms with Gasteiger partial charge in [-0.2, -0.15) is 5.10 Å². The third-order valence-corrected chi connectivity index (χ3v) is 6.50. The molecule has 0 radical (unpaired) electrons. The Morgan fingerprint density at radius 3 is 2.50 bits per heavy atom. The Labute approximate surface area is 178 Å². The van der Waals surface area contributed by atoms with Crippen molar-refractivity contribution in [2.45, 2.75) is 13.5 Å². The summed E-state index contributed by atoms with van der Waals surface area (Å²) in [5.74, 6) is 0.837. The van der Waals surface area contributed by atoms with Gasteiger partial charge in [-0.25, -0.2) is 9.67 Å². The van der Waals surface area contributed by atoms with Crippen LogP contribution in [0.1, 0.15) is 11.1 Å². The van der Waals surface area contributed by atoms with Gasteiger partial charge in [0.15, 0.2) is 5.13 Å². The second-order valence-electron chi connectivity index (χ2n) is 7.44. The van der Waals surface area contributed by atoms with E-state index >= 15 is 0 Å². The summed E-state index contributed by atoms with van der Waals surface area (Å²) < 4.78 is 2.75. The zero-order valence-corrected chi connectivity index (χ0v) is 17.5. The molecule has 0 spiro atoms. The fraction of sp³-hybridized carbons (Fsp3) is 0.273. The van der Waals surface area contributed by atoms with E-state index < -0.39 is 0 Å². The number of thiazole rings is 1. The Hall–Kier alpha value is -3.26. The van der Waals surface area contributed by atoms with Crippen LogP contribution in [-0.4, -0.2) is 45.9 Å². The van der Waals surface area contributed by atoms with Crippen LogP contribution in [0, 0.1) is 6.92 Å². The van der Waals surface area contributed by atoms with Gasteiger partial charge in [0.2, 0.25) is 0 Å². The SMILES string of the molecule is Cc1cccc2sc(N3CCN(c4ccc(=O)n(Cc5ccncc5)n4)CC3)nc12. The molecule has 1 aromatic carbocycles. The first-order chi connectivity index (χ1) is 14.7. The lowest BCUT2D eigenvalue weighted by molar-refractivity contribution is 0.601. The predicted molar refractivity (Wildman–Crippen MR) is 121 cm³/mol. The zero-order chi connectivity index (χ0) is 20.5. The van der Waals surface area contributed by atoms with Gasteiger partial charge in [0.25, 0.3) is 5.56 Å². The van der Waals surface area contributed by atoms with Gasteiger partial charge in [-0.05, 0) is 42.3 Å². The molecule has 0 atom stereocenters. The predicted octanol–water partition coefficient (Wildman–Crippen LogP) is 2.93. The molecule has 0 unspecified atom stereocenters. The van der Waals surface area contributed by atoms with E-state index in [0.717, 1.165) is 48.2 Å². The van der Waals surface area contributed by atoms with Crippen LogP contribution in [0.25, 0.3) is 10.2 Å². The van der Waals surface area contributed by atoms with Gasteiger partial charge >= 0.3 is 0 Å². The molecular weight excluding hydrogens is 396 g/mol. The van der Waals surface area contributed by atoms with Crippen LogP contribution in [0.2, 0.25) is 0 Å². The smallest absolute Gasteiger partial charge is 0.267 e. The van der Waals surface area contributed by atoms with E-state index in [0.29, 0.717) is 6.54 Å². The summed E-state index contributed by atoms with van der Waals surface area (Å²) in [6.07, 6.45) is 3.46. The van der Waals surface area contributed by atoms with Crippen LogP contribution >= 0.6 is 11.3 Å². The van der Waals surface area contributed by atoms with Gasteiger partial charge in [0.1, 0.15) is 5.82 Å². The van der Waals surface area contributed by atoms with E-state index in [1.807, 2.05) is 18.2 Å². The van der Waals surface area contributed by atoms with E-state index in [1.165, 1.54) is 14.9 Å². The van der Waals surface area contributed by atoms with E-state index in [1.54, 1.807) is 29.8 Å². The number of rotatable bonds is 4. The van der Waals surface area contributed by atoms with Gasteiger partial charge in [-0.15, -0.1) is 0 Å². The summed E-state index contributed by atoms with van der Waals surface area (Å²) in [6.45, 7) is 6.00. The molecule has 0 aliphatic carbocycles. The van der Waals surface area contributed by atoms with E-state index in [-0.39, 0.29) is 5.56 Å². The highest BCUT2D eigenvalue weighted by molar-refractivity contribution is 7.22. The van der Waals surface area contributed by atoms with Crippen molar-refractivity contribution < 1.29 is 0 Å². The maximum Gasteiger partial charge on any atom is 0.267 e. The largest absolute Gasteiger partial charge is 0.352 e. The number of aromatic nitrogens is 4. The van der Waals surface area contributed by atoms with Crippen LogP contribution in [0.5, 0.6) is 0 Å². The van der Waals surface area contributed by atoms with Crippen molar-refractivity contribution in [2.75, 3.05) is 36.0 Å². The molecule has 1 aliphatic rings. The first-order valence-corrected chi connectivity index (χ1v) is 10.8. The minimum atomic E-state index is -0.0981. The van der Waals surface area contributed by atoms with Gasteiger partial charge in [-0.1, -0.05) is 23.5 Å². The van der Waals surface area contributed by atoms with Gasteiger partial charge < -0.3 is 9.80 Å². The first-order valence-electron chi connectivity index (χ1n) is 10.0. The number of pyridine rings is 1. The highest BCUT2D eigenvalue weighted by Crippen LogP contribution is 2.31. The minimum absolute atomic E-state index is 0.0981. The van der Waals surface area contributed by atoms with Gasteiger partial charge in [0.05, 0.1) is 16.8 Å². The molecule has 0 saturated carbocycles. The van der Waals surface area contributed by atoms with E-state index in [4.69, 9.17) is 4.98 Å². The monoisotopic (exact) mass is 418 g/mol. The zero-order valence-electron chi connectivity index (χ0n) is 16.7. The molecule has 0 amide bonds. The molecule has 30 heavy (non-hydrogen) atoms. The Balaban J connectivity index is 1.31. The Morgan fingerprint density at radius 1 is 0.967 bits per heavy atom. The second kappa shape index (κ2) is 7.87. The van der Waals surface area contributed by atoms with E-state index in [2.05, 4.69) is 45.0 Å². The summed E-state index contributed by atoms with van der Waals surface area (Å²) in [7, 11) is 0. The van der Waals surface area contributed by atoms with E-state index in [9.17, 15) is 4.79 Å². The fourth-order valence-corrected chi connectivity index (χ4v) is 4.81. The lowest BCUT2D eigenvalue weighted by Crippen LogP contribution is -2.47. The number of piperazine rings is 1. The van der Waals surface area contributed by atoms with Crippen molar-refractivity contribution in [2.24, 2.45) is 0 Å². The number of para-hydroxylation sites is 1. The van der Waals surface area contributed by atoms with Crippen molar-refractivity contribution in [3.8, 4) is 0 Å². The topological polar surface area (TPSA) is 67.2 Å². The molecule has 1 aliphatic heterocycles. The van der Waals surface area contributed by atoms with Crippen molar-refractivity contribution in [3.05, 3.63) is 76.3 Å². The quantitative estimate of drug-likeness (QED) is 0.508. The number of benzene rings is 1. The van der Waals surface area contributed by atoms with Crippen LogP contribution in [0.15, 0.2) is 59.7 Å². The molecular formula is C22H22N6OS. The maximum absolute atomic E-state index is 12.3. The lowest BCUT2D eigenvalue weighted by atomic mass is 10.2. The number of anilines is 2. The summed E-state index contributed by atoms with van der Waals surface area (Å²) in [4.78, 5) is 25.7. The molecule has 152 valence electrons. The highest BCUT2D eigenvalue weighted by Gasteiger charge is 2.21. The van der Waals surface area contributed by atoms with Crippen LogP contribution < -0.4 is 15.4 Å². The number of hydrogen-bond acceptors (Lipinski definition) is 7. The van der Waals surface area contributed by atoms with Crippen LogP contribution in [0.3, 0.4) is 0 Å². The summed E-state index contributed by atoms with van der Waals surface area (Å²) >= 11 is 1.75. The van der Waals surface area contributed by atoms with Crippen LogP contribution in [-0.2, 0) is 6.54 Å². The third kappa shape index (κ3) is 3.66. The second-order valence-corrected chi connectivity index (χ2v) is 8.44. The number of nitrogens with zero attached hydrogens (tertiary/aromatic N) is 6. The molecule has 5 rings (SSSR count). The van der Waals surface area contributed by atoms with Gasteiger partial charge in [-0.3, -0.25) is 9.78 Å². The average Bonchev–Trinajstić information content (AvgIpc) is 3.22. The highest BCUT2D eigenvalue weighted by atomic mass is 32.1. The third-order valence-electron chi connectivity index (χ3n) is 5.42. The molecule has 3 aromatic heterocycles. The normalized spacial score (nSPS) is 14.4. The lowest BCUT2D eigenvalue weighted by Gasteiger charge is -2.35. The maximum atomic E-state index is 12.3. The van der Waals surface area contributed by atoms with Gasteiger partial charge in [0, 0.05) is 44.6 Å². The molecule has 4 aromatic rings. The molecule has 8 heteroatoms. The molecule has 0 N–H and O–H groups in total. The average molecular weight is 419 g/mol. The van der Waals surface area contributed by atoms with Crippen molar-refractivity contribution >= 4 is 32.5 Å². The first kappa shape index (κ1) is 18.7. The molecule has 1 fully saturated rings. The van der Waals surface area contributed by atoms with Crippen LogP contribution in [0.4, 0.5) is 10.9 Å². The van der Waals surface area contributed by atoms with Crippen molar-refractivity contribution in [3.63, 3.8) is 0 Å². The Kier molecular flexibility index (Phi) is 4.92. The fourth-order valence-electron chi connectivity index (χ4n) is 3.72. The van der Waals surface area contributed by atoms with Crippen molar-refractivity contribution in [1.29, 1.82) is 0 Å². The summed E-state index contributed by atoms with van der Waals surface area (Å²) in [5, 5.41) is 5.69. The molecule has 7 nitrogen and oxygen atoms in total. The molecule has 1 saturated heterocycles. The summed E-state index contributed by atoms with van der Waals surface area (Å²) in [6, 6.07) is 13.6. The van der Waals surface area contributed by atoms with Crippen molar-refractivity contribution in [1.82, 2.24) is 19.7 Å². The number of aryl methyl sites for hydroxylation is 1. The Morgan fingerprint density at radius 2 is 1.73 bits per heavy atom. The minimum Gasteiger partial charge on any atom is -0.352 e. The Bertz CT molecular complexity index is 1230. The summed E-state index contributed by atoms with van der Waals surface area (Å²) in [5.41, 5.74) is 3.23. The molecule has 0 bridgehead atoms. The number of hydrogen-bond donors (Lipinski definition) is 0. The number of fused-ring (bicyclic) bond motifs is 1.